The maximum Gasteiger partial charge on any atom is 0.417 e. The number of anilines is 1. The van der Waals surface area contributed by atoms with Crippen LogP contribution in [-0.2, 0) is 11.0 Å². The number of alkyl halides is 3. The van der Waals surface area contributed by atoms with Gasteiger partial charge in [-0.1, -0.05) is 18.5 Å². The lowest BCUT2D eigenvalue weighted by molar-refractivity contribution is -0.137. The molecule has 2 unspecified atom stereocenters. The maximum absolute atomic E-state index is 12.8. The number of carbonyl (C=O) groups is 1. The summed E-state index contributed by atoms with van der Waals surface area (Å²) in [5, 5.41) is 5.22. The van der Waals surface area contributed by atoms with Crippen molar-refractivity contribution in [1.82, 2.24) is 5.32 Å². The van der Waals surface area contributed by atoms with Crippen molar-refractivity contribution in [1.29, 1.82) is 0 Å². The zero-order chi connectivity index (χ0) is 15.6. The van der Waals surface area contributed by atoms with E-state index in [1.807, 2.05) is 6.92 Å². The molecule has 21 heavy (non-hydrogen) atoms. The number of nitrogens with one attached hydrogen (secondary N) is 2. The molecule has 0 radical (unpaired) electrons. The van der Waals surface area contributed by atoms with Crippen LogP contribution in [0.25, 0.3) is 0 Å². The van der Waals surface area contributed by atoms with Crippen LogP contribution in [0.1, 0.15) is 25.3 Å². The van der Waals surface area contributed by atoms with Crippen LogP contribution in [0.2, 0.25) is 5.02 Å². The molecule has 1 aromatic carbocycles. The van der Waals surface area contributed by atoms with Gasteiger partial charge in [-0.2, -0.15) is 13.2 Å². The van der Waals surface area contributed by atoms with E-state index >= 15 is 0 Å². The second-order valence-corrected chi connectivity index (χ2v) is 5.64. The first-order valence-corrected chi connectivity index (χ1v) is 7.08. The third-order valence-corrected chi connectivity index (χ3v) is 3.92. The molecule has 0 spiro atoms. The first kappa shape index (κ1) is 16.1. The minimum atomic E-state index is -4.55. The Labute approximate surface area is 125 Å². The summed E-state index contributed by atoms with van der Waals surface area (Å²) in [6.45, 7) is 2.68. The predicted molar refractivity (Wildman–Crippen MR) is 75.3 cm³/mol. The molecular formula is C14H16ClF3N2O. The van der Waals surface area contributed by atoms with Crippen LogP contribution in [0, 0.1) is 5.92 Å². The van der Waals surface area contributed by atoms with E-state index in [1.165, 1.54) is 6.07 Å². The van der Waals surface area contributed by atoms with Gasteiger partial charge in [0.1, 0.15) is 0 Å². The van der Waals surface area contributed by atoms with E-state index in [4.69, 9.17) is 11.6 Å². The lowest BCUT2D eigenvalue weighted by atomic mass is 9.92. The average molecular weight is 321 g/mol. The van der Waals surface area contributed by atoms with Gasteiger partial charge in [0.15, 0.2) is 0 Å². The fraction of sp³-hybridized carbons (Fsp3) is 0.500. The smallest absolute Gasteiger partial charge is 0.325 e. The number of benzene rings is 1. The molecule has 7 heteroatoms. The van der Waals surface area contributed by atoms with E-state index in [-0.39, 0.29) is 28.6 Å². The molecular weight excluding hydrogens is 305 g/mol. The average Bonchev–Trinajstić information content (AvgIpc) is 2.40. The van der Waals surface area contributed by atoms with Gasteiger partial charge in [0.2, 0.25) is 5.91 Å². The molecule has 0 aromatic heterocycles. The van der Waals surface area contributed by atoms with Crippen LogP contribution in [-0.4, -0.2) is 18.5 Å². The zero-order valence-electron chi connectivity index (χ0n) is 11.4. The Morgan fingerprint density at radius 2 is 2.14 bits per heavy atom. The third-order valence-electron chi connectivity index (χ3n) is 3.59. The van der Waals surface area contributed by atoms with Crippen LogP contribution in [0.5, 0.6) is 0 Å². The van der Waals surface area contributed by atoms with Gasteiger partial charge in [0, 0.05) is 5.69 Å². The topological polar surface area (TPSA) is 41.1 Å². The number of hydrogen-bond donors (Lipinski definition) is 2. The van der Waals surface area contributed by atoms with Crippen molar-refractivity contribution in [2.45, 2.75) is 32.0 Å². The van der Waals surface area contributed by atoms with Crippen molar-refractivity contribution in [3.05, 3.63) is 28.8 Å². The highest BCUT2D eigenvalue weighted by molar-refractivity contribution is 6.31. The number of piperidine rings is 1. The first-order valence-electron chi connectivity index (χ1n) is 6.70. The van der Waals surface area contributed by atoms with Crippen molar-refractivity contribution in [3.8, 4) is 0 Å². The molecule has 1 aliphatic heterocycles. The molecule has 2 rings (SSSR count). The SMILES string of the molecule is CC1CCCNC1C(=O)Nc1ccc(Cl)c(C(F)(F)F)c1. The van der Waals surface area contributed by atoms with Crippen LogP contribution >= 0.6 is 11.6 Å². The molecule has 1 heterocycles. The predicted octanol–water partition coefficient (Wildman–Crippen LogP) is 3.69. The largest absolute Gasteiger partial charge is 0.417 e. The summed E-state index contributed by atoms with van der Waals surface area (Å²) in [6, 6.07) is 2.97. The third kappa shape index (κ3) is 3.89. The Hall–Kier alpha value is -1.27. The highest BCUT2D eigenvalue weighted by Crippen LogP contribution is 2.36. The number of carbonyl (C=O) groups excluding carboxylic acids is 1. The summed E-state index contributed by atoms with van der Waals surface area (Å²) < 4.78 is 38.3. The van der Waals surface area contributed by atoms with E-state index in [9.17, 15) is 18.0 Å². The molecule has 0 bridgehead atoms. The number of rotatable bonds is 2. The Kier molecular flexibility index (Phi) is 4.78. The summed E-state index contributed by atoms with van der Waals surface area (Å²) in [5.41, 5.74) is -0.858. The summed E-state index contributed by atoms with van der Waals surface area (Å²) in [4.78, 5) is 12.1. The van der Waals surface area contributed by atoms with Crippen molar-refractivity contribution >= 4 is 23.2 Å². The molecule has 1 amide bonds. The van der Waals surface area contributed by atoms with Gasteiger partial charge >= 0.3 is 6.18 Å². The molecule has 0 saturated carbocycles. The molecule has 1 fully saturated rings. The van der Waals surface area contributed by atoms with Gasteiger partial charge in [-0.25, -0.2) is 0 Å². The van der Waals surface area contributed by atoms with E-state index < -0.39 is 11.7 Å². The quantitative estimate of drug-likeness (QED) is 0.872. The van der Waals surface area contributed by atoms with Crippen molar-refractivity contribution in [2.75, 3.05) is 11.9 Å². The Bertz CT molecular complexity index is 533. The van der Waals surface area contributed by atoms with Crippen LogP contribution in [0.3, 0.4) is 0 Å². The first-order chi connectivity index (χ1) is 9.79. The molecule has 1 aliphatic rings. The minimum absolute atomic E-state index is 0.0938. The molecule has 2 N–H and O–H groups in total. The van der Waals surface area contributed by atoms with Crippen molar-refractivity contribution in [3.63, 3.8) is 0 Å². The summed E-state index contributed by atoms with van der Waals surface area (Å²) >= 11 is 5.54. The van der Waals surface area contributed by atoms with Gasteiger partial charge in [0.25, 0.3) is 0 Å². The zero-order valence-corrected chi connectivity index (χ0v) is 12.2. The Morgan fingerprint density at radius 3 is 2.76 bits per heavy atom. The van der Waals surface area contributed by atoms with Gasteiger partial charge in [-0.15, -0.1) is 0 Å². The lowest BCUT2D eigenvalue weighted by Crippen LogP contribution is -2.48. The minimum Gasteiger partial charge on any atom is -0.325 e. The molecule has 1 aromatic rings. The maximum atomic E-state index is 12.8. The fourth-order valence-corrected chi connectivity index (χ4v) is 2.67. The molecule has 116 valence electrons. The standard InChI is InChI=1S/C14H16ClF3N2O/c1-8-3-2-6-19-12(8)13(21)20-9-4-5-11(15)10(7-9)14(16,17)18/h4-5,7-8,12,19H,2-3,6H2,1H3,(H,20,21). The van der Waals surface area contributed by atoms with Crippen molar-refractivity contribution < 1.29 is 18.0 Å². The highest BCUT2D eigenvalue weighted by Gasteiger charge is 2.34. The number of amides is 1. The van der Waals surface area contributed by atoms with Crippen LogP contribution in [0.15, 0.2) is 18.2 Å². The van der Waals surface area contributed by atoms with Crippen molar-refractivity contribution in [2.24, 2.45) is 5.92 Å². The van der Waals surface area contributed by atoms with E-state index in [0.717, 1.165) is 31.5 Å². The van der Waals surface area contributed by atoms with Gasteiger partial charge < -0.3 is 10.6 Å². The second-order valence-electron chi connectivity index (χ2n) is 5.23. The van der Waals surface area contributed by atoms with Gasteiger partial charge in [-0.3, -0.25) is 4.79 Å². The normalized spacial score (nSPS) is 22.9. The highest BCUT2D eigenvalue weighted by atomic mass is 35.5. The second kappa shape index (κ2) is 6.23. The lowest BCUT2D eigenvalue weighted by Gasteiger charge is -2.29. The van der Waals surface area contributed by atoms with E-state index in [0.29, 0.717) is 0 Å². The van der Waals surface area contributed by atoms with Gasteiger partial charge in [0.05, 0.1) is 16.6 Å². The van der Waals surface area contributed by atoms with Crippen LogP contribution in [0.4, 0.5) is 18.9 Å². The summed E-state index contributed by atoms with van der Waals surface area (Å²) in [7, 11) is 0. The summed E-state index contributed by atoms with van der Waals surface area (Å²) in [6.07, 6.45) is -2.64. The monoisotopic (exact) mass is 320 g/mol. The number of hydrogen-bond acceptors (Lipinski definition) is 2. The molecule has 0 aliphatic carbocycles. The van der Waals surface area contributed by atoms with E-state index in [2.05, 4.69) is 10.6 Å². The molecule has 3 nitrogen and oxygen atoms in total. The number of halogens is 4. The Balaban J connectivity index is 2.14. The summed E-state index contributed by atoms with van der Waals surface area (Å²) in [5.74, 6) is -0.175. The molecule has 2 atom stereocenters. The van der Waals surface area contributed by atoms with E-state index in [1.54, 1.807) is 0 Å². The Morgan fingerprint density at radius 1 is 1.43 bits per heavy atom. The fourth-order valence-electron chi connectivity index (χ4n) is 2.44. The van der Waals surface area contributed by atoms with Crippen LogP contribution < -0.4 is 10.6 Å². The molecule has 1 saturated heterocycles. The van der Waals surface area contributed by atoms with Gasteiger partial charge in [-0.05, 0) is 43.5 Å².